The second kappa shape index (κ2) is 6.13. The lowest BCUT2D eigenvalue weighted by Gasteiger charge is -2.27. The summed E-state index contributed by atoms with van der Waals surface area (Å²) < 4.78 is 1.09. The van der Waals surface area contributed by atoms with Gasteiger partial charge in [0.05, 0.1) is 11.7 Å². The summed E-state index contributed by atoms with van der Waals surface area (Å²) in [7, 11) is 4.11. The number of halogens is 1. The average molecular weight is 317 g/mol. The molecule has 1 aromatic heterocycles. The Morgan fingerprint density at radius 3 is 2.42 bits per heavy atom. The Morgan fingerprint density at radius 1 is 1.16 bits per heavy atom. The highest BCUT2D eigenvalue weighted by Gasteiger charge is 2.21. The molecule has 0 aliphatic carbocycles. The van der Waals surface area contributed by atoms with E-state index in [1.54, 1.807) is 6.20 Å². The average Bonchev–Trinajstić information content (AvgIpc) is 2.42. The zero-order chi connectivity index (χ0) is 13.8. The lowest BCUT2D eigenvalue weighted by molar-refractivity contribution is 0.359. The third kappa shape index (κ3) is 3.11. The Labute approximate surface area is 122 Å². The summed E-state index contributed by atoms with van der Waals surface area (Å²) in [5.74, 6) is 0. The predicted molar refractivity (Wildman–Crippen MR) is 83.8 cm³/mol. The first kappa shape index (κ1) is 14.0. The molecule has 0 N–H and O–H groups in total. The maximum absolute atomic E-state index is 4.40. The van der Waals surface area contributed by atoms with Gasteiger partial charge >= 0.3 is 0 Å². The lowest BCUT2D eigenvalue weighted by Crippen LogP contribution is -2.21. The zero-order valence-electron chi connectivity index (χ0n) is 11.2. The predicted octanol–water partition coefficient (Wildman–Crippen LogP) is 4.16. The second-order valence-electron chi connectivity index (χ2n) is 4.63. The van der Waals surface area contributed by atoms with Gasteiger partial charge in [-0.2, -0.15) is 0 Å². The Hall–Kier alpha value is -1.45. The molecule has 0 bridgehead atoms. The first-order valence-electron chi connectivity index (χ1n) is 6.12. The number of likely N-dealkylation sites (N-methyl/N-ethyl adjacent to an activating group) is 1. The van der Waals surface area contributed by atoms with Crippen LogP contribution in [-0.2, 0) is 0 Å². The van der Waals surface area contributed by atoms with Gasteiger partial charge in [0.25, 0.3) is 0 Å². The molecule has 3 heteroatoms. The smallest absolute Gasteiger partial charge is 0.0675 e. The van der Waals surface area contributed by atoms with E-state index in [1.807, 2.05) is 30.3 Å². The van der Waals surface area contributed by atoms with Crippen LogP contribution in [0.4, 0.5) is 0 Å². The summed E-state index contributed by atoms with van der Waals surface area (Å²) in [5.41, 5.74) is 3.12. The SMILES string of the molecule is C=C(c1ccccn1)C(c1ccccc1Br)N(C)C. The molecule has 1 unspecified atom stereocenters. The van der Waals surface area contributed by atoms with Crippen molar-refractivity contribution in [2.45, 2.75) is 6.04 Å². The van der Waals surface area contributed by atoms with Gasteiger partial charge in [-0.05, 0) is 43.4 Å². The van der Waals surface area contributed by atoms with Crippen molar-refractivity contribution in [1.29, 1.82) is 0 Å². The van der Waals surface area contributed by atoms with E-state index >= 15 is 0 Å². The molecule has 0 aliphatic heterocycles. The number of aromatic nitrogens is 1. The molecular formula is C16H17BrN2. The molecule has 19 heavy (non-hydrogen) atoms. The van der Waals surface area contributed by atoms with Crippen LogP contribution in [-0.4, -0.2) is 24.0 Å². The first-order valence-corrected chi connectivity index (χ1v) is 6.91. The number of nitrogens with zero attached hydrogens (tertiary/aromatic N) is 2. The molecule has 1 aromatic carbocycles. The van der Waals surface area contributed by atoms with E-state index < -0.39 is 0 Å². The van der Waals surface area contributed by atoms with Gasteiger partial charge in [-0.25, -0.2) is 0 Å². The van der Waals surface area contributed by atoms with Crippen molar-refractivity contribution < 1.29 is 0 Å². The molecule has 0 spiro atoms. The number of benzene rings is 1. The van der Waals surface area contributed by atoms with Gasteiger partial charge in [-0.1, -0.05) is 46.8 Å². The van der Waals surface area contributed by atoms with E-state index in [0.29, 0.717) is 0 Å². The highest BCUT2D eigenvalue weighted by atomic mass is 79.9. The maximum Gasteiger partial charge on any atom is 0.0675 e. The van der Waals surface area contributed by atoms with Gasteiger partial charge in [0.15, 0.2) is 0 Å². The minimum absolute atomic E-state index is 0.102. The highest BCUT2D eigenvalue weighted by Crippen LogP contribution is 2.35. The molecule has 0 radical (unpaired) electrons. The Kier molecular flexibility index (Phi) is 4.51. The van der Waals surface area contributed by atoms with Gasteiger partial charge in [0.1, 0.15) is 0 Å². The molecule has 1 atom stereocenters. The standard InChI is InChI=1S/C16H17BrN2/c1-12(15-10-6-7-11-18-15)16(19(2)3)13-8-4-5-9-14(13)17/h4-11,16H,1H2,2-3H3. The summed E-state index contributed by atoms with van der Waals surface area (Å²) in [4.78, 5) is 6.55. The van der Waals surface area contributed by atoms with E-state index in [2.05, 4.69) is 58.6 Å². The normalized spacial score (nSPS) is 12.4. The summed E-state index contributed by atoms with van der Waals surface area (Å²) in [6.07, 6.45) is 1.80. The number of rotatable bonds is 4. The molecule has 2 rings (SSSR count). The van der Waals surface area contributed by atoms with E-state index in [1.165, 1.54) is 5.56 Å². The molecule has 98 valence electrons. The molecule has 1 heterocycles. The van der Waals surface area contributed by atoms with Crippen LogP contribution in [0.25, 0.3) is 5.57 Å². The van der Waals surface area contributed by atoms with Crippen molar-refractivity contribution in [2.24, 2.45) is 0 Å². The lowest BCUT2D eigenvalue weighted by atomic mass is 9.96. The van der Waals surface area contributed by atoms with Crippen molar-refractivity contribution in [1.82, 2.24) is 9.88 Å². The van der Waals surface area contributed by atoms with E-state index in [4.69, 9.17) is 0 Å². The largest absolute Gasteiger partial charge is 0.298 e. The van der Waals surface area contributed by atoms with Gasteiger partial charge in [-0.15, -0.1) is 0 Å². The minimum Gasteiger partial charge on any atom is -0.298 e. The van der Waals surface area contributed by atoms with Gasteiger partial charge in [-0.3, -0.25) is 9.88 Å². The van der Waals surface area contributed by atoms with Crippen LogP contribution >= 0.6 is 15.9 Å². The van der Waals surface area contributed by atoms with Crippen LogP contribution in [0.5, 0.6) is 0 Å². The van der Waals surface area contributed by atoms with Crippen LogP contribution in [0.3, 0.4) is 0 Å². The van der Waals surface area contributed by atoms with E-state index in [0.717, 1.165) is 15.7 Å². The molecule has 2 nitrogen and oxygen atoms in total. The molecule has 2 aromatic rings. The molecule has 0 fully saturated rings. The number of pyridine rings is 1. The highest BCUT2D eigenvalue weighted by molar-refractivity contribution is 9.10. The summed E-state index contributed by atoms with van der Waals surface area (Å²) in [6.45, 7) is 4.24. The van der Waals surface area contributed by atoms with Crippen LogP contribution in [0.2, 0.25) is 0 Å². The van der Waals surface area contributed by atoms with Gasteiger partial charge in [0.2, 0.25) is 0 Å². The monoisotopic (exact) mass is 316 g/mol. The number of hydrogen-bond acceptors (Lipinski definition) is 2. The third-order valence-corrected chi connectivity index (χ3v) is 3.76. The van der Waals surface area contributed by atoms with Crippen LogP contribution in [0, 0.1) is 0 Å². The minimum atomic E-state index is 0.102. The van der Waals surface area contributed by atoms with Crippen molar-refractivity contribution >= 4 is 21.5 Å². The quantitative estimate of drug-likeness (QED) is 0.842. The van der Waals surface area contributed by atoms with Crippen molar-refractivity contribution in [3.8, 4) is 0 Å². The zero-order valence-corrected chi connectivity index (χ0v) is 12.8. The Bertz CT molecular complexity index is 564. The number of hydrogen-bond donors (Lipinski definition) is 0. The first-order chi connectivity index (χ1) is 9.11. The summed E-state index contributed by atoms with van der Waals surface area (Å²) >= 11 is 3.62. The molecule has 0 saturated heterocycles. The van der Waals surface area contributed by atoms with E-state index in [9.17, 15) is 0 Å². The molecule has 0 saturated carbocycles. The van der Waals surface area contributed by atoms with Crippen molar-refractivity contribution in [3.63, 3.8) is 0 Å². The molecular weight excluding hydrogens is 300 g/mol. The fourth-order valence-electron chi connectivity index (χ4n) is 2.17. The van der Waals surface area contributed by atoms with Crippen molar-refractivity contribution in [3.05, 3.63) is 71.0 Å². The fourth-order valence-corrected chi connectivity index (χ4v) is 2.67. The van der Waals surface area contributed by atoms with Crippen LogP contribution < -0.4 is 0 Å². The second-order valence-corrected chi connectivity index (χ2v) is 5.48. The van der Waals surface area contributed by atoms with Crippen molar-refractivity contribution in [2.75, 3.05) is 14.1 Å². The van der Waals surface area contributed by atoms with Crippen LogP contribution in [0.1, 0.15) is 17.3 Å². The maximum atomic E-state index is 4.40. The molecule has 0 amide bonds. The Morgan fingerprint density at radius 2 is 1.84 bits per heavy atom. The molecule has 0 aliphatic rings. The van der Waals surface area contributed by atoms with Gasteiger partial charge < -0.3 is 0 Å². The summed E-state index contributed by atoms with van der Waals surface area (Å²) in [5, 5.41) is 0. The fraction of sp³-hybridized carbons (Fsp3) is 0.188. The third-order valence-electron chi connectivity index (χ3n) is 3.04. The van der Waals surface area contributed by atoms with E-state index in [-0.39, 0.29) is 6.04 Å². The van der Waals surface area contributed by atoms with Gasteiger partial charge in [0, 0.05) is 10.7 Å². The Balaban J connectivity index is 2.42. The topological polar surface area (TPSA) is 16.1 Å². The van der Waals surface area contributed by atoms with Crippen LogP contribution in [0.15, 0.2) is 59.7 Å². The summed E-state index contributed by atoms with van der Waals surface area (Å²) in [6, 6.07) is 14.2.